The normalized spacial score (nSPS) is 22.0. The Labute approximate surface area is 187 Å². The highest BCUT2D eigenvalue weighted by atomic mass is 16.5. The summed E-state index contributed by atoms with van der Waals surface area (Å²) in [6.07, 6.45) is 3.35. The summed E-state index contributed by atoms with van der Waals surface area (Å²) in [7, 11) is 1.64. The van der Waals surface area contributed by atoms with Crippen LogP contribution in [0.1, 0.15) is 29.7 Å². The zero-order valence-corrected chi connectivity index (χ0v) is 18.2. The van der Waals surface area contributed by atoms with Gasteiger partial charge in [0.25, 0.3) is 0 Å². The molecule has 2 atom stereocenters. The van der Waals surface area contributed by atoms with Crippen LogP contribution in [0.25, 0.3) is 10.8 Å². The number of fused-ring (bicyclic) bond motifs is 4. The van der Waals surface area contributed by atoms with Crippen LogP contribution in [0.2, 0.25) is 0 Å². The van der Waals surface area contributed by atoms with Crippen LogP contribution in [-0.2, 0) is 13.0 Å². The fourth-order valence-corrected chi connectivity index (χ4v) is 5.59. The van der Waals surface area contributed by atoms with Crippen molar-refractivity contribution in [1.82, 2.24) is 15.3 Å². The van der Waals surface area contributed by atoms with Crippen LogP contribution in [0.5, 0.6) is 6.01 Å². The van der Waals surface area contributed by atoms with Crippen molar-refractivity contribution in [3.05, 3.63) is 53.2 Å². The van der Waals surface area contributed by atoms with Gasteiger partial charge in [0, 0.05) is 48.4 Å². The number of benzene rings is 2. The number of nitrogens with zero attached hydrogens (tertiary/aromatic N) is 5. The summed E-state index contributed by atoms with van der Waals surface area (Å²) < 4.78 is 5.50. The molecule has 0 amide bonds. The quantitative estimate of drug-likeness (QED) is 0.690. The van der Waals surface area contributed by atoms with E-state index in [0.29, 0.717) is 30.2 Å². The minimum absolute atomic E-state index is 0.433. The third-order valence-electron chi connectivity index (χ3n) is 7.07. The molecule has 2 aromatic carbocycles. The van der Waals surface area contributed by atoms with E-state index in [1.807, 2.05) is 12.1 Å². The Kier molecular flexibility index (Phi) is 4.62. The van der Waals surface area contributed by atoms with Gasteiger partial charge in [0.05, 0.1) is 31.0 Å². The molecule has 6 rings (SSSR count). The van der Waals surface area contributed by atoms with Crippen LogP contribution in [0, 0.1) is 11.3 Å². The minimum atomic E-state index is 0.433. The van der Waals surface area contributed by atoms with E-state index >= 15 is 0 Å². The molecule has 1 N–H and O–H groups in total. The summed E-state index contributed by atoms with van der Waals surface area (Å²) in [5, 5.41) is 15.5. The van der Waals surface area contributed by atoms with Crippen LogP contribution in [0.3, 0.4) is 0 Å². The Morgan fingerprint density at radius 2 is 1.84 bits per heavy atom. The Bertz CT molecular complexity index is 1220. The molecule has 2 fully saturated rings. The molecule has 0 saturated carbocycles. The smallest absolute Gasteiger partial charge is 0.318 e. The molecule has 2 bridgehead atoms. The van der Waals surface area contributed by atoms with Crippen molar-refractivity contribution in [2.45, 2.75) is 37.9 Å². The minimum Gasteiger partial charge on any atom is -0.467 e. The van der Waals surface area contributed by atoms with E-state index in [-0.39, 0.29) is 0 Å². The first-order valence-electron chi connectivity index (χ1n) is 11.3. The molecule has 2 unspecified atom stereocenters. The maximum absolute atomic E-state index is 9.70. The molecule has 0 aliphatic carbocycles. The van der Waals surface area contributed by atoms with Gasteiger partial charge in [0.1, 0.15) is 5.82 Å². The van der Waals surface area contributed by atoms with Gasteiger partial charge in [0.15, 0.2) is 0 Å². The van der Waals surface area contributed by atoms with Crippen LogP contribution in [-0.4, -0.2) is 48.8 Å². The van der Waals surface area contributed by atoms with Crippen molar-refractivity contribution in [2.24, 2.45) is 0 Å². The molecular formula is C25H26N6O. The maximum atomic E-state index is 9.70. The summed E-state index contributed by atoms with van der Waals surface area (Å²) in [5.41, 5.74) is 4.06. The fraction of sp³-hybridized carbons (Fsp3) is 0.400. The molecule has 0 radical (unpaired) electrons. The van der Waals surface area contributed by atoms with Crippen molar-refractivity contribution in [3.8, 4) is 12.1 Å². The molecule has 7 heteroatoms. The molecule has 3 aliphatic rings. The Morgan fingerprint density at radius 3 is 2.59 bits per heavy atom. The number of methoxy groups -OCH3 is 1. The number of nitriles is 1. The van der Waals surface area contributed by atoms with E-state index < -0.39 is 0 Å². The lowest BCUT2D eigenvalue weighted by atomic mass is 9.99. The van der Waals surface area contributed by atoms with Gasteiger partial charge in [-0.15, -0.1) is 0 Å². The van der Waals surface area contributed by atoms with E-state index in [0.717, 1.165) is 54.0 Å². The molecule has 0 spiro atoms. The number of hydrogen-bond donors (Lipinski definition) is 1. The zero-order chi connectivity index (χ0) is 21.7. The Morgan fingerprint density at radius 1 is 1.06 bits per heavy atom. The van der Waals surface area contributed by atoms with Crippen molar-refractivity contribution in [2.75, 3.05) is 36.5 Å². The predicted octanol–water partition coefficient (Wildman–Crippen LogP) is 3.01. The van der Waals surface area contributed by atoms with Crippen molar-refractivity contribution in [3.63, 3.8) is 0 Å². The second-order valence-electron chi connectivity index (χ2n) is 8.97. The van der Waals surface area contributed by atoms with Gasteiger partial charge in [-0.3, -0.25) is 0 Å². The van der Waals surface area contributed by atoms with Gasteiger partial charge in [-0.25, -0.2) is 0 Å². The number of nitrogens with one attached hydrogen (secondary N) is 1. The average molecular weight is 427 g/mol. The average Bonchev–Trinajstić information content (AvgIpc) is 3.19. The summed E-state index contributed by atoms with van der Waals surface area (Å²) in [6, 6.07) is 16.1. The molecule has 2 saturated heterocycles. The highest BCUT2D eigenvalue weighted by molar-refractivity contribution is 5.98. The lowest BCUT2D eigenvalue weighted by molar-refractivity contribution is 0.374. The first kappa shape index (κ1) is 19.3. The van der Waals surface area contributed by atoms with Gasteiger partial charge in [-0.05, 0) is 36.8 Å². The molecule has 1 aromatic heterocycles. The standard InChI is InChI=1S/C25H26N6O/c1-32-25-28-21-15-30(22-7-3-5-16-4-2-6-17(12-26)23(16)22)11-10-20(21)24(29-25)31-13-18-8-9-19(14-31)27-18/h2-7,18-19,27H,8-11,13-15H2,1H3. The third-order valence-corrected chi connectivity index (χ3v) is 7.07. The first-order chi connectivity index (χ1) is 15.7. The molecule has 7 nitrogen and oxygen atoms in total. The highest BCUT2D eigenvalue weighted by Gasteiger charge is 2.35. The van der Waals surface area contributed by atoms with Crippen LogP contribution >= 0.6 is 0 Å². The molecule has 3 aliphatic heterocycles. The van der Waals surface area contributed by atoms with Gasteiger partial charge in [-0.1, -0.05) is 24.3 Å². The van der Waals surface area contributed by atoms with Gasteiger partial charge in [-0.2, -0.15) is 15.2 Å². The van der Waals surface area contributed by atoms with Gasteiger partial charge < -0.3 is 19.9 Å². The van der Waals surface area contributed by atoms with Gasteiger partial charge in [0.2, 0.25) is 0 Å². The van der Waals surface area contributed by atoms with E-state index in [4.69, 9.17) is 14.7 Å². The topological polar surface area (TPSA) is 77.3 Å². The van der Waals surface area contributed by atoms with E-state index in [1.54, 1.807) is 7.11 Å². The lowest BCUT2D eigenvalue weighted by Crippen LogP contribution is -2.52. The highest BCUT2D eigenvalue weighted by Crippen LogP contribution is 2.36. The van der Waals surface area contributed by atoms with E-state index in [1.165, 1.54) is 18.4 Å². The van der Waals surface area contributed by atoms with Crippen LogP contribution < -0.4 is 19.9 Å². The molecule has 3 aromatic rings. The van der Waals surface area contributed by atoms with Crippen LogP contribution in [0.15, 0.2) is 36.4 Å². The summed E-state index contributed by atoms with van der Waals surface area (Å²) in [6.45, 7) is 3.52. The van der Waals surface area contributed by atoms with E-state index in [9.17, 15) is 5.26 Å². The number of rotatable bonds is 3. The number of hydrogen-bond acceptors (Lipinski definition) is 7. The zero-order valence-electron chi connectivity index (χ0n) is 18.2. The molecular weight excluding hydrogens is 400 g/mol. The van der Waals surface area contributed by atoms with Crippen molar-refractivity contribution < 1.29 is 4.74 Å². The maximum Gasteiger partial charge on any atom is 0.318 e. The number of ether oxygens (including phenoxy) is 1. The summed E-state index contributed by atoms with van der Waals surface area (Å²) >= 11 is 0. The van der Waals surface area contributed by atoms with Gasteiger partial charge >= 0.3 is 6.01 Å². The summed E-state index contributed by atoms with van der Waals surface area (Å²) in [5.74, 6) is 1.04. The molecule has 32 heavy (non-hydrogen) atoms. The Balaban J connectivity index is 1.39. The SMILES string of the molecule is COc1nc2c(c(N3CC4CCC(C3)N4)n1)CCN(c1cccc3cccc(C#N)c13)C2. The predicted molar refractivity (Wildman–Crippen MR) is 124 cm³/mol. The van der Waals surface area contributed by atoms with Crippen LogP contribution in [0.4, 0.5) is 11.5 Å². The number of aromatic nitrogens is 2. The second-order valence-corrected chi connectivity index (χ2v) is 8.97. The molecule has 162 valence electrons. The first-order valence-corrected chi connectivity index (χ1v) is 11.3. The number of piperazine rings is 1. The largest absolute Gasteiger partial charge is 0.467 e. The summed E-state index contributed by atoms with van der Waals surface area (Å²) in [4.78, 5) is 14.3. The Hall–Kier alpha value is -3.37. The van der Waals surface area contributed by atoms with E-state index in [2.05, 4.69) is 45.5 Å². The fourth-order valence-electron chi connectivity index (χ4n) is 5.59. The second kappa shape index (κ2) is 7.64. The van der Waals surface area contributed by atoms with Crippen molar-refractivity contribution in [1.29, 1.82) is 5.26 Å². The lowest BCUT2D eigenvalue weighted by Gasteiger charge is -2.37. The third kappa shape index (κ3) is 3.14. The monoisotopic (exact) mass is 426 g/mol. The molecule has 4 heterocycles. The number of anilines is 2. The van der Waals surface area contributed by atoms with Crippen molar-refractivity contribution >= 4 is 22.3 Å².